The second kappa shape index (κ2) is 4.05. The number of hydrogen-bond acceptors (Lipinski definition) is 5. The highest BCUT2D eigenvalue weighted by molar-refractivity contribution is 7.14. The summed E-state index contributed by atoms with van der Waals surface area (Å²) >= 11 is 1.75. The average molecular weight is 292 g/mol. The van der Waals surface area contributed by atoms with Crippen LogP contribution in [-0.2, 0) is 6.42 Å². The summed E-state index contributed by atoms with van der Waals surface area (Å²) in [5.41, 5.74) is 3.76. The van der Waals surface area contributed by atoms with Crippen molar-refractivity contribution in [3.8, 4) is 0 Å². The molecule has 0 amide bonds. The first-order valence-electron chi connectivity index (χ1n) is 6.93. The first kappa shape index (κ1) is 11.3. The van der Waals surface area contributed by atoms with E-state index >= 15 is 0 Å². The highest BCUT2D eigenvalue weighted by Gasteiger charge is 2.44. The topological polar surface area (TPSA) is 32.3 Å². The quantitative estimate of drug-likeness (QED) is 0.684. The largest absolute Gasteiger partial charge is 0.315 e. The molecule has 0 spiro atoms. The molecule has 5 rings (SSSR count). The average Bonchev–Trinajstić information content (AvgIpc) is 3.21. The first-order valence-corrected chi connectivity index (χ1v) is 7.81. The second-order valence-electron chi connectivity index (χ2n) is 5.24. The van der Waals surface area contributed by atoms with Gasteiger partial charge in [-0.15, -0.1) is 11.3 Å². The summed E-state index contributed by atoms with van der Waals surface area (Å²) in [5, 5.41) is 3.34. The summed E-state index contributed by atoms with van der Waals surface area (Å²) in [6.45, 7) is 0. The summed E-state index contributed by atoms with van der Waals surface area (Å²) in [6.07, 6.45) is 4.83. The fourth-order valence-corrected chi connectivity index (χ4v) is 4.11. The van der Waals surface area contributed by atoms with Gasteiger partial charge in [-0.3, -0.25) is 4.90 Å². The molecule has 4 heterocycles. The zero-order chi connectivity index (χ0) is 13.8. The molecule has 2 aliphatic rings. The van der Waals surface area contributed by atoms with Crippen LogP contribution in [0.3, 0.4) is 0 Å². The lowest BCUT2D eigenvalue weighted by Crippen LogP contribution is -2.35. The Morgan fingerprint density at radius 3 is 2.90 bits per heavy atom. The van der Waals surface area contributed by atoms with E-state index in [2.05, 4.69) is 61.5 Å². The van der Waals surface area contributed by atoms with Gasteiger partial charge in [-0.25, -0.2) is 9.97 Å². The third kappa shape index (κ3) is 1.44. The second-order valence-corrected chi connectivity index (χ2v) is 6.16. The van der Waals surface area contributed by atoms with E-state index in [0.717, 1.165) is 17.9 Å². The number of rotatable bonds is 1. The molecule has 1 unspecified atom stereocenters. The van der Waals surface area contributed by atoms with E-state index in [4.69, 9.17) is 0 Å². The van der Waals surface area contributed by atoms with E-state index < -0.39 is 0 Å². The Morgan fingerprint density at radius 1 is 1.05 bits per heavy atom. The Hall–Kier alpha value is -2.40. The fraction of sp³-hybridized carbons (Fsp3) is 0.125. The molecule has 0 bridgehead atoms. The van der Waals surface area contributed by atoms with Gasteiger partial charge in [0, 0.05) is 12.1 Å². The van der Waals surface area contributed by atoms with Gasteiger partial charge >= 0.3 is 0 Å². The van der Waals surface area contributed by atoms with Crippen LogP contribution in [0.5, 0.6) is 0 Å². The third-order valence-corrected chi connectivity index (χ3v) is 5.02. The summed E-state index contributed by atoms with van der Waals surface area (Å²) < 4.78 is 0. The lowest BCUT2D eigenvalue weighted by Gasteiger charge is -2.25. The van der Waals surface area contributed by atoms with E-state index in [-0.39, 0.29) is 6.17 Å². The molecule has 3 aromatic rings. The maximum atomic E-state index is 4.53. The molecule has 5 heteroatoms. The summed E-state index contributed by atoms with van der Waals surface area (Å²) in [6, 6.07) is 12.8. The van der Waals surface area contributed by atoms with Crippen molar-refractivity contribution in [2.45, 2.75) is 12.6 Å². The molecule has 1 atom stereocenters. The van der Waals surface area contributed by atoms with Gasteiger partial charge in [0.05, 0.1) is 11.2 Å². The predicted molar refractivity (Wildman–Crippen MR) is 84.6 cm³/mol. The molecule has 21 heavy (non-hydrogen) atoms. The molecular formula is C16H12N4S. The number of aromatic nitrogens is 2. The van der Waals surface area contributed by atoms with Crippen molar-refractivity contribution in [3.63, 3.8) is 0 Å². The molecule has 0 saturated carbocycles. The molecule has 4 nitrogen and oxygen atoms in total. The van der Waals surface area contributed by atoms with Gasteiger partial charge in [0.1, 0.15) is 18.2 Å². The number of anilines is 4. The number of thiophene rings is 1. The van der Waals surface area contributed by atoms with Crippen molar-refractivity contribution in [2.75, 3.05) is 9.80 Å². The van der Waals surface area contributed by atoms with Gasteiger partial charge in [-0.2, -0.15) is 0 Å². The molecule has 0 saturated heterocycles. The van der Waals surface area contributed by atoms with Crippen LogP contribution in [0.4, 0.5) is 22.2 Å². The van der Waals surface area contributed by atoms with E-state index in [9.17, 15) is 0 Å². The van der Waals surface area contributed by atoms with Crippen molar-refractivity contribution in [1.29, 1.82) is 0 Å². The van der Waals surface area contributed by atoms with Crippen molar-refractivity contribution in [1.82, 2.24) is 9.97 Å². The van der Waals surface area contributed by atoms with Crippen molar-refractivity contribution in [2.24, 2.45) is 0 Å². The van der Waals surface area contributed by atoms with Crippen LogP contribution in [0, 0.1) is 0 Å². The number of para-hydroxylation sites is 1. The minimum absolute atomic E-state index is 0.271. The number of nitrogens with zero attached hydrogens (tertiary/aromatic N) is 4. The summed E-state index contributed by atoms with van der Waals surface area (Å²) in [7, 11) is 0. The van der Waals surface area contributed by atoms with Crippen molar-refractivity contribution < 1.29 is 0 Å². The minimum Gasteiger partial charge on any atom is -0.315 e. The molecule has 0 radical (unpaired) electrons. The molecule has 1 aromatic carbocycles. The van der Waals surface area contributed by atoms with Crippen LogP contribution >= 0.6 is 11.3 Å². The van der Waals surface area contributed by atoms with E-state index in [1.54, 1.807) is 17.7 Å². The van der Waals surface area contributed by atoms with Crippen LogP contribution in [0.2, 0.25) is 0 Å². The number of fused-ring (bicyclic) bond motifs is 5. The SMILES string of the molecule is c1csc(N2c3ncncc3N3c4ccccc4CC32)c1. The van der Waals surface area contributed by atoms with Gasteiger partial charge in [0.25, 0.3) is 0 Å². The first-order chi connectivity index (χ1) is 10.4. The minimum atomic E-state index is 0.271. The zero-order valence-electron chi connectivity index (χ0n) is 11.2. The van der Waals surface area contributed by atoms with Gasteiger partial charge in [-0.1, -0.05) is 18.2 Å². The van der Waals surface area contributed by atoms with Crippen LogP contribution in [0.25, 0.3) is 0 Å². The zero-order valence-corrected chi connectivity index (χ0v) is 12.0. The Labute approximate surface area is 126 Å². The summed E-state index contributed by atoms with van der Waals surface area (Å²) in [5.74, 6) is 1.01. The molecule has 2 aliphatic heterocycles. The summed E-state index contributed by atoms with van der Waals surface area (Å²) in [4.78, 5) is 13.5. The van der Waals surface area contributed by atoms with Gasteiger partial charge in [0.15, 0.2) is 5.82 Å². The normalized spacial score (nSPS) is 18.6. The third-order valence-electron chi connectivity index (χ3n) is 4.15. The van der Waals surface area contributed by atoms with Gasteiger partial charge in [0.2, 0.25) is 0 Å². The van der Waals surface area contributed by atoms with Crippen molar-refractivity contribution in [3.05, 3.63) is 59.9 Å². The van der Waals surface area contributed by atoms with Crippen LogP contribution in [0.15, 0.2) is 54.3 Å². The Balaban J connectivity index is 1.75. The predicted octanol–water partition coefficient (Wildman–Crippen LogP) is 3.71. The standard InChI is InChI=1S/C16H12N4S/c1-2-5-12-11(4-1)8-14-19(12)13-9-17-10-18-16(13)20(14)15-6-3-7-21-15/h1-7,9-10,14H,8H2. The molecular weight excluding hydrogens is 280 g/mol. The smallest absolute Gasteiger partial charge is 0.162 e. The van der Waals surface area contributed by atoms with Crippen molar-refractivity contribution >= 4 is 33.5 Å². The molecule has 102 valence electrons. The molecule has 2 aromatic heterocycles. The monoisotopic (exact) mass is 292 g/mol. The maximum Gasteiger partial charge on any atom is 0.162 e. The van der Waals surface area contributed by atoms with Crippen LogP contribution < -0.4 is 9.80 Å². The Kier molecular flexibility index (Phi) is 2.18. The van der Waals surface area contributed by atoms with E-state index in [0.29, 0.717) is 0 Å². The highest BCUT2D eigenvalue weighted by Crippen LogP contribution is 2.51. The highest BCUT2D eigenvalue weighted by atomic mass is 32.1. The van der Waals surface area contributed by atoms with E-state index in [1.165, 1.54) is 16.3 Å². The number of hydrogen-bond donors (Lipinski definition) is 0. The molecule has 0 fully saturated rings. The van der Waals surface area contributed by atoms with Crippen LogP contribution in [-0.4, -0.2) is 16.1 Å². The van der Waals surface area contributed by atoms with Crippen LogP contribution in [0.1, 0.15) is 5.56 Å². The maximum absolute atomic E-state index is 4.53. The number of benzene rings is 1. The molecule has 0 aliphatic carbocycles. The molecule has 0 N–H and O–H groups in total. The Bertz CT molecular complexity index is 813. The Morgan fingerprint density at radius 2 is 2.00 bits per heavy atom. The fourth-order valence-electron chi connectivity index (χ4n) is 3.33. The van der Waals surface area contributed by atoms with Gasteiger partial charge in [-0.05, 0) is 29.1 Å². The lowest BCUT2D eigenvalue weighted by atomic mass is 10.1. The van der Waals surface area contributed by atoms with Gasteiger partial charge < -0.3 is 4.90 Å². The lowest BCUT2D eigenvalue weighted by molar-refractivity contribution is 0.729. The van der Waals surface area contributed by atoms with E-state index in [1.807, 2.05) is 6.20 Å².